The molecule has 0 saturated heterocycles. The topological polar surface area (TPSA) is 61.6 Å². The summed E-state index contributed by atoms with van der Waals surface area (Å²) in [6, 6.07) is 5.40. The molecule has 0 spiro atoms. The summed E-state index contributed by atoms with van der Waals surface area (Å²) in [5, 5.41) is 3.02. The van der Waals surface area contributed by atoms with E-state index < -0.39 is 0 Å². The maximum atomic E-state index is 12.4. The zero-order chi connectivity index (χ0) is 16.2. The lowest BCUT2D eigenvalue weighted by molar-refractivity contribution is 0.0930. The standard InChI is InChI=1S/C16H28N4O/c1-16(2,11-19(3)4)10-18-15(21)13-9-12(17)7-8-14(13)20(5)6/h7-9H,10-11,17H2,1-6H3,(H,18,21). The molecule has 3 N–H and O–H groups in total. The Hall–Kier alpha value is -1.75. The number of amides is 1. The summed E-state index contributed by atoms with van der Waals surface area (Å²) >= 11 is 0. The summed E-state index contributed by atoms with van der Waals surface area (Å²) in [7, 11) is 7.90. The number of anilines is 2. The monoisotopic (exact) mass is 292 g/mol. The van der Waals surface area contributed by atoms with Crippen molar-refractivity contribution in [1.82, 2.24) is 10.2 Å². The van der Waals surface area contributed by atoms with Gasteiger partial charge in [-0.3, -0.25) is 4.79 Å². The van der Waals surface area contributed by atoms with E-state index >= 15 is 0 Å². The lowest BCUT2D eigenvalue weighted by Gasteiger charge is -2.28. The highest BCUT2D eigenvalue weighted by Gasteiger charge is 2.21. The van der Waals surface area contributed by atoms with E-state index in [2.05, 4.69) is 24.1 Å². The third-order valence-electron chi connectivity index (χ3n) is 3.22. The van der Waals surface area contributed by atoms with Crippen LogP contribution in [-0.2, 0) is 0 Å². The van der Waals surface area contributed by atoms with Crippen LogP contribution in [0, 0.1) is 5.41 Å². The van der Waals surface area contributed by atoms with Gasteiger partial charge in [0.05, 0.1) is 5.56 Å². The van der Waals surface area contributed by atoms with Gasteiger partial charge in [0.15, 0.2) is 0 Å². The average Bonchev–Trinajstić information content (AvgIpc) is 2.34. The minimum Gasteiger partial charge on any atom is -0.399 e. The summed E-state index contributed by atoms with van der Waals surface area (Å²) in [5.74, 6) is -0.0853. The molecule has 0 heterocycles. The highest BCUT2D eigenvalue weighted by molar-refractivity contribution is 6.00. The lowest BCUT2D eigenvalue weighted by atomic mass is 9.93. The Balaban J connectivity index is 2.83. The van der Waals surface area contributed by atoms with E-state index in [9.17, 15) is 4.79 Å². The first-order chi connectivity index (χ1) is 9.62. The maximum absolute atomic E-state index is 12.4. The second kappa shape index (κ2) is 6.80. The third-order valence-corrected chi connectivity index (χ3v) is 3.22. The molecule has 0 aliphatic heterocycles. The Morgan fingerprint density at radius 1 is 1.24 bits per heavy atom. The van der Waals surface area contributed by atoms with Crippen LogP contribution in [0.15, 0.2) is 18.2 Å². The van der Waals surface area contributed by atoms with Crippen molar-refractivity contribution in [3.8, 4) is 0 Å². The Morgan fingerprint density at radius 3 is 2.38 bits per heavy atom. The van der Waals surface area contributed by atoms with E-state index in [0.29, 0.717) is 17.8 Å². The fourth-order valence-electron chi connectivity index (χ4n) is 2.45. The van der Waals surface area contributed by atoms with Crippen LogP contribution in [0.2, 0.25) is 0 Å². The number of hydrogen-bond acceptors (Lipinski definition) is 4. The van der Waals surface area contributed by atoms with Gasteiger partial charge >= 0.3 is 0 Å². The van der Waals surface area contributed by atoms with Gasteiger partial charge in [0, 0.05) is 38.6 Å². The molecule has 0 aromatic heterocycles. The first kappa shape index (κ1) is 17.3. The molecule has 1 aromatic rings. The van der Waals surface area contributed by atoms with Gasteiger partial charge < -0.3 is 20.9 Å². The van der Waals surface area contributed by atoms with Gasteiger partial charge in [0.2, 0.25) is 0 Å². The van der Waals surface area contributed by atoms with Crippen molar-refractivity contribution in [3.63, 3.8) is 0 Å². The van der Waals surface area contributed by atoms with Gasteiger partial charge in [0.25, 0.3) is 5.91 Å². The quantitative estimate of drug-likeness (QED) is 0.783. The van der Waals surface area contributed by atoms with Crippen molar-refractivity contribution in [2.24, 2.45) is 5.41 Å². The van der Waals surface area contributed by atoms with Crippen molar-refractivity contribution < 1.29 is 4.79 Å². The van der Waals surface area contributed by atoms with Crippen LogP contribution >= 0.6 is 0 Å². The normalized spacial score (nSPS) is 11.6. The Bertz CT molecular complexity index is 495. The van der Waals surface area contributed by atoms with Crippen LogP contribution < -0.4 is 16.0 Å². The van der Waals surface area contributed by atoms with Crippen LogP contribution in [0.4, 0.5) is 11.4 Å². The van der Waals surface area contributed by atoms with Crippen LogP contribution in [-0.4, -0.2) is 52.1 Å². The van der Waals surface area contributed by atoms with E-state index in [-0.39, 0.29) is 11.3 Å². The minimum absolute atomic E-state index is 0.0117. The van der Waals surface area contributed by atoms with Crippen molar-refractivity contribution in [2.75, 3.05) is 51.9 Å². The molecule has 1 aromatic carbocycles. The first-order valence-corrected chi connectivity index (χ1v) is 7.12. The number of nitrogen functional groups attached to an aromatic ring is 1. The largest absolute Gasteiger partial charge is 0.399 e. The minimum atomic E-state index is -0.0853. The summed E-state index contributed by atoms with van der Waals surface area (Å²) in [6.45, 7) is 5.80. The van der Waals surface area contributed by atoms with Gasteiger partial charge in [-0.25, -0.2) is 0 Å². The smallest absolute Gasteiger partial charge is 0.253 e. The van der Waals surface area contributed by atoms with Crippen molar-refractivity contribution in [1.29, 1.82) is 0 Å². The van der Waals surface area contributed by atoms with Crippen molar-refractivity contribution in [3.05, 3.63) is 23.8 Å². The van der Waals surface area contributed by atoms with E-state index in [1.54, 1.807) is 6.07 Å². The molecule has 0 aliphatic carbocycles. The summed E-state index contributed by atoms with van der Waals surface area (Å²) in [4.78, 5) is 16.5. The van der Waals surface area contributed by atoms with Gasteiger partial charge in [0.1, 0.15) is 0 Å². The molecule has 0 atom stereocenters. The van der Waals surface area contributed by atoms with Crippen LogP contribution in [0.3, 0.4) is 0 Å². The fraction of sp³-hybridized carbons (Fsp3) is 0.562. The number of carbonyl (C=O) groups excluding carboxylic acids is 1. The van der Waals surface area contributed by atoms with Crippen molar-refractivity contribution in [2.45, 2.75) is 13.8 Å². The fourth-order valence-corrected chi connectivity index (χ4v) is 2.45. The molecular weight excluding hydrogens is 264 g/mol. The van der Waals surface area contributed by atoms with E-state index in [1.807, 2.05) is 45.2 Å². The lowest BCUT2D eigenvalue weighted by Crippen LogP contribution is -2.40. The van der Waals surface area contributed by atoms with Crippen LogP contribution in [0.5, 0.6) is 0 Å². The number of nitrogens with two attached hydrogens (primary N) is 1. The molecule has 0 radical (unpaired) electrons. The second-order valence-corrected chi connectivity index (χ2v) is 6.76. The van der Waals surface area contributed by atoms with E-state index in [1.165, 1.54) is 0 Å². The zero-order valence-electron chi connectivity index (χ0n) is 14.0. The molecule has 5 nitrogen and oxygen atoms in total. The predicted molar refractivity (Wildman–Crippen MR) is 89.8 cm³/mol. The van der Waals surface area contributed by atoms with Crippen LogP contribution in [0.1, 0.15) is 24.2 Å². The van der Waals surface area contributed by atoms with Gasteiger partial charge in [-0.1, -0.05) is 13.8 Å². The van der Waals surface area contributed by atoms with E-state index in [4.69, 9.17) is 5.73 Å². The molecule has 0 bridgehead atoms. The van der Waals surface area contributed by atoms with Crippen molar-refractivity contribution >= 4 is 17.3 Å². The molecule has 1 amide bonds. The Labute approximate surface area is 128 Å². The highest BCUT2D eigenvalue weighted by Crippen LogP contribution is 2.22. The molecular formula is C16H28N4O. The SMILES string of the molecule is CN(C)CC(C)(C)CNC(=O)c1cc(N)ccc1N(C)C. The molecule has 0 fully saturated rings. The molecule has 0 saturated carbocycles. The number of nitrogens with one attached hydrogen (secondary N) is 1. The number of benzene rings is 1. The molecule has 5 heteroatoms. The Kier molecular flexibility index (Phi) is 5.61. The summed E-state index contributed by atoms with van der Waals surface area (Å²) in [5.41, 5.74) is 7.89. The Morgan fingerprint density at radius 2 is 1.86 bits per heavy atom. The summed E-state index contributed by atoms with van der Waals surface area (Å²) < 4.78 is 0. The van der Waals surface area contributed by atoms with Gasteiger partial charge in [-0.2, -0.15) is 0 Å². The number of carbonyl (C=O) groups is 1. The van der Waals surface area contributed by atoms with Gasteiger partial charge in [-0.15, -0.1) is 0 Å². The maximum Gasteiger partial charge on any atom is 0.253 e. The zero-order valence-corrected chi connectivity index (χ0v) is 14.0. The van der Waals surface area contributed by atoms with E-state index in [0.717, 1.165) is 12.2 Å². The van der Waals surface area contributed by atoms with Gasteiger partial charge in [-0.05, 0) is 37.7 Å². The average molecular weight is 292 g/mol. The number of rotatable bonds is 6. The highest BCUT2D eigenvalue weighted by atomic mass is 16.1. The molecule has 0 unspecified atom stereocenters. The molecule has 0 aliphatic rings. The first-order valence-electron chi connectivity index (χ1n) is 7.12. The number of hydrogen-bond donors (Lipinski definition) is 2. The molecule has 1 rings (SSSR count). The number of nitrogens with zero attached hydrogens (tertiary/aromatic N) is 2. The predicted octanol–water partition coefficient (Wildman–Crippen LogP) is 1.65. The molecule has 21 heavy (non-hydrogen) atoms. The summed E-state index contributed by atoms with van der Waals surface area (Å²) in [6.07, 6.45) is 0. The third kappa shape index (κ3) is 5.27. The van der Waals surface area contributed by atoms with Crippen LogP contribution in [0.25, 0.3) is 0 Å². The molecule has 118 valence electrons. The second-order valence-electron chi connectivity index (χ2n) is 6.76.